The van der Waals surface area contributed by atoms with Crippen molar-refractivity contribution in [2.45, 2.75) is 6.92 Å². The summed E-state index contributed by atoms with van der Waals surface area (Å²) in [5, 5.41) is 8.91. The predicted molar refractivity (Wildman–Crippen MR) is 73.2 cm³/mol. The van der Waals surface area contributed by atoms with Crippen molar-refractivity contribution in [2.24, 2.45) is 0 Å². The topological polar surface area (TPSA) is 31.1 Å². The van der Waals surface area contributed by atoms with Gasteiger partial charge in [0, 0.05) is 38.4 Å². The average molecular weight is 245 g/mol. The minimum Gasteiger partial charge on any atom is -0.395 e. The Bertz CT molecular complexity index is 445. The molecule has 1 fully saturated rings. The Morgan fingerprint density at radius 2 is 2.00 bits per heavy atom. The second kappa shape index (κ2) is 5.85. The number of β-amino-alcohol motifs (C(OH)–C–C–N with tert-alkyl or cyclic N) is 1. The SMILES string of the molecule is [C-]#[N+]c1ccc(N2CCN(CCO)CC2)cc1C. The number of anilines is 1. The Morgan fingerprint density at radius 3 is 2.56 bits per heavy atom. The molecule has 1 aromatic rings. The summed E-state index contributed by atoms with van der Waals surface area (Å²) in [6, 6.07) is 6.02. The zero-order valence-electron chi connectivity index (χ0n) is 10.8. The summed E-state index contributed by atoms with van der Waals surface area (Å²) in [6.45, 7) is 14.0. The second-order valence-electron chi connectivity index (χ2n) is 4.63. The first-order valence-electron chi connectivity index (χ1n) is 6.31. The summed E-state index contributed by atoms with van der Waals surface area (Å²) < 4.78 is 0. The molecule has 4 heteroatoms. The van der Waals surface area contributed by atoms with E-state index in [2.05, 4.69) is 20.7 Å². The van der Waals surface area contributed by atoms with Gasteiger partial charge in [-0.3, -0.25) is 4.90 Å². The lowest BCUT2D eigenvalue weighted by atomic mass is 10.1. The van der Waals surface area contributed by atoms with Crippen LogP contribution in [0.2, 0.25) is 0 Å². The Hall–Kier alpha value is -1.57. The van der Waals surface area contributed by atoms with Crippen LogP contribution in [0.25, 0.3) is 4.85 Å². The Labute approximate surface area is 108 Å². The van der Waals surface area contributed by atoms with Crippen molar-refractivity contribution in [3.8, 4) is 0 Å². The van der Waals surface area contributed by atoms with Crippen LogP contribution in [0.15, 0.2) is 18.2 Å². The molecule has 1 aliphatic rings. The molecule has 2 rings (SSSR count). The highest BCUT2D eigenvalue weighted by Gasteiger charge is 2.16. The van der Waals surface area contributed by atoms with E-state index in [1.807, 2.05) is 19.1 Å². The number of aliphatic hydroxyl groups excluding tert-OH is 1. The molecule has 0 aromatic heterocycles. The standard InChI is InChI=1S/C14H19N3O/c1-12-11-13(3-4-14(12)15-2)17-7-5-16(6-8-17)9-10-18/h3-4,11,18H,5-10H2,1H3. The van der Waals surface area contributed by atoms with Gasteiger partial charge in [-0.2, -0.15) is 0 Å². The van der Waals surface area contributed by atoms with Crippen LogP contribution >= 0.6 is 0 Å². The maximum Gasteiger partial charge on any atom is 0.190 e. The van der Waals surface area contributed by atoms with Gasteiger partial charge in [-0.1, -0.05) is 6.07 Å². The first kappa shape index (κ1) is 12.9. The molecule has 4 nitrogen and oxygen atoms in total. The van der Waals surface area contributed by atoms with Crippen LogP contribution in [0.4, 0.5) is 11.4 Å². The normalized spacial score (nSPS) is 16.6. The van der Waals surface area contributed by atoms with Gasteiger partial charge in [-0.05, 0) is 24.6 Å². The summed E-state index contributed by atoms with van der Waals surface area (Å²) in [5.74, 6) is 0. The fourth-order valence-corrected chi connectivity index (χ4v) is 2.33. The molecule has 1 N–H and O–H groups in total. The van der Waals surface area contributed by atoms with Crippen LogP contribution in [0.3, 0.4) is 0 Å². The lowest BCUT2D eigenvalue weighted by Gasteiger charge is -2.36. The molecule has 0 bridgehead atoms. The third-order valence-corrected chi connectivity index (χ3v) is 3.45. The number of rotatable bonds is 3. The third kappa shape index (κ3) is 2.81. The third-order valence-electron chi connectivity index (χ3n) is 3.45. The van der Waals surface area contributed by atoms with Gasteiger partial charge in [-0.15, -0.1) is 0 Å². The minimum atomic E-state index is 0.235. The van der Waals surface area contributed by atoms with Crippen LogP contribution < -0.4 is 4.90 Å². The molecule has 1 aromatic carbocycles. The Morgan fingerprint density at radius 1 is 1.28 bits per heavy atom. The number of nitrogens with zero attached hydrogens (tertiary/aromatic N) is 3. The molecular weight excluding hydrogens is 226 g/mol. The lowest BCUT2D eigenvalue weighted by Crippen LogP contribution is -2.47. The predicted octanol–water partition coefficient (Wildman–Crippen LogP) is 1.66. The van der Waals surface area contributed by atoms with Crippen molar-refractivity contribution >= 4 is 11.4 Å². The van der Waals surface area contributed by atoms with E-state index < -0.39 is 0 Å². The largest absolute Gasteiger partial charge is 0.395 e. The molecule has 18 heavy (non-hydrogen) atoms. The van der Waals surface area contributed by atoms with Gasteiger partial charge < -0.3 is 10.0 Å². The summed E-state index contributed by atoms with van der Waals surface area (Å²) >= 11 is 0. The molecule has 0 spiro atoms. The summed E-state index contributed by atoms with van der Waals surface area (Å²) in [4.78, 5) is 8.10. The van der Waals surface area contributed by atoms with E-state index in [-0.39, 0.29) is 6.61 Å². The average Bonchev–Trinajstić information content (AvgIpc) is 2.40. The molecule has 0 atom stereocenters. The number of aliphatic hydroxyl groups is 1. The van der Waals surface area contributed by atoms with Gasteiger partial charge in [0.25, 0.3) is 0 Å². The van der Waals surface area contributed by atoms with E-state index in [4.69, 9.17) is 11.7 Å². The fraction of sp³-hybridized carbons (Fsp3) is 0.500. The number of aryl methyl sites for hydroxylation is 1. The molecule has 1 aliphatic heterocycles. The van der Waals surface area contributed by atoms with E-state index in [1.54, 1.807) is 0 Å². The second-order valence-corrected chi connectivity index (χ2v) is 4.63. The molecule has 1 saturated heterocycles. The maximum absolute atomic E-state index is 8.91. The van der Waals surface area contributed by atoms with E-state index in [0.29, 0.717) is 0 Å². The van der Waals surface area contributed by atoms with Crippen LogP contribution in [0, 0.1) is 13.5 Å². The van der Waals surface area contributed by atoms with Crippen LogP contribution in [-0.2, 0) is 0 Å². The highest BCUT2D eigenvalue weighted by atomic mass is 16.3. The Kier molecular flexibility index (Phi) is 4.19. The molecule has 96 valence electrons. The number of hydrogen-bond donors (Lipinski definition) is 1. The van der Waals surface area contributed by atoms with Gasteiger partial charge in [0.1, 0.15) is 0 Å². The van der Waals surface area contributed by atoms with Crippen LogP contribution in [-0.4, -0.2) is 49.3 Å². The Balaban J connectivity index is 2.02. The van der Waals surface area contributed by atoms with E-state index in [0.717, 1.165) is 44.0 Å². The van der Waals surface area contributed by atoms with Crippen molar-refractivity contribution in [3.05, 3.63) is 35.2 Å². The monoisotopic (exact) mass is 245 g/mol. The molecule has 1 heterocycles. The molecule has 0 unspecified atom stereocenters. The molecule has 0 aliphatic carbocycles. The summed E-state index contributed by atoms with van der Waals surface area (Å²) in [7, 11) is 0. The van der Waals surface area contributed by atoms with Crippen LogP contribution in [0.5, 0.6) is 0 Å². The molecular formula is C14H19N3O. The molecule has 0 radical (unpaired) electrons. The first-order valence-corrected chi connectivity index (χ1v) is 6.31. The molecule has 0 saturated carbocycles. The fourth-order valence-electron chi connectivity index (χ4n) is 2.33. The number of benzene rings is 1. The van der Waals surface area contributed by atoms with E-state index in [9.17, 15) is 0 Å². The molecule has 0 amide bonds. The van der Waals surface area contributed by atoms with Crippen molar-refractivity contribution < 1.29 is 5.11 Å². The highest BCUT2D eigenvalue weighted by molar-refractivity contribution is 5.60. The zero-order valence-corrected chi connectivity index (χ0v) is 10.8. The quantitative estimate of drug-likeness (QED) is 0.822. The van der Waals surface area contributed by atoms with Crippen molar-refractivity contribution in [1.29, 1.82) is 0 Å². The van der Waals surface area contributed by atoms with Crippen molar-refractivity contribution in [2.75, 3.05) is 44.2 Å². The minimum absolute atomic E-state index is 0.235. The van der Waals surface area contributed by atoms with E-state index in [1.165, 1.54) is 5.69 Å². The van der Waals surface area contributed by atoms with Crippen molar-refractivity contribution in [1.82, 2.24) is 4.90 Å². The maximum atomic E-state index is 8.91. The van der Waals surface area contributed by atoms with Crippen LogP contribution in [0.1, 0.15) is 5.56 Å². The summed E-state index contributed by atoms with van der Waals surface area (Å²) in [6.07, 6.45) is 0. The van der Waals surface area contributed by atoms with Gasteiger partial charge in [-0.25, -0.2) is 4.85 Å². The highest BCUT2D eigenvalue weighted by Crippen LogP contribution is 2.25. The smallest absolute Gasteiger partial charge is 0.190 e. The van der Waals surface area contributed by atoms with Gasteiger partial charge in [0.2, 0.25) is 0 Å². The van der Waals surface area contributed by atoms with Crippen molar-refractivity contribution in [3.63, 3.8) is 0 Å². The van der Waals surface area contributed by atoms with E-state index >= 15 is 0 Å². The van der Waals surface area contributed by atoms with Gasteiger partial charge >= 0.3 is 0 Å². The zero-order chi connectivity index (χ0) is 13.0. The van der Waals surface area contributed by atoms with Gasteiger partial charge in [0.05, 0.1) is 13.2 Å². The van der Waals surface area contributed by atoms with Gasteiger partial charge in [0.15, 0.2) is 5.69 Å². The summed E-state index contributed by atoms with van der Waals surface area (Å²) in [5.41, 5.74) is 2.97. The number of piperazine rings is 1. The number of hydrogen-bond acceptors (Lipinski definition) is 3. The first-order chi connectivity index (χ1) is 8.74. The lowest BCUT2D eigenvalue weighted by molar-refractivity contribution is 0.189.